The standard InChI is InChI=1S/C13H22N2O2S2/c1-5-7-15(6-2)19(16,17)13-8-12(10-18-13)9-14-11(3)4/h5,8,10-11,14H,1,6-7,9H2,2-4H3. The van der Waals surface area contributed by atoms with E-state index in [0.29, 0.717) is 29.9 Å². The largest absolute Gasteiger partial charge is 0.310 e. The number of rotatable bonds is 8. The second-order valence-corrected chi connectivity index (χ2v) is 7.63. The third-order valence-corrected chi connectivity index (χ3v) is 6.03. The van der Waals surface area contributed by atoms with Gasteiger partial charge in [-0.3, -0.25) is 0 Å². The second-order valence-electron chi connectivity index (χ2n) is 4.55. The molecule has 0 aliphatic heterocycles. The fraction of sp³-hybridized carbons (Fsp3) is 0.538. The van der Waals surface area contributed by atoms with Crippen LogP contribution in [0.15, 0.2) is 28.3 Å². The predicted octanol–water partition coefficient (Wildman–Crippen LogP) is 2.44. The highest BCUT2D eigenvalue weighted by atomic mass is 32.2. The van der Waals surface area contributed by atoms with E-state index < -0.39 is 10.0 Å². The van der Waals surface area contributed by atoms with Crippen LogP contribution in [0.25, 0.3) is 0 Å². The van der Waals surface area contributed by atoms with Crippen LogP contribution < -0.4 is 5.32 Å². The van der Waals surface area contributed by atoms with Gasteiger partial charge >= 0.3 is 0 Å². The molecule has 0 saturated carbocycles. The summed E-state index contributed by atoms with van der Waals surface area (Å²) in [6.45, 7) is 11.0. The first kappa shape index (κ1) is 16.4. The van der Waals surface area contributed by atoms with Crippen molar-refractivity contribution in [2.45, 2.75) is 37.6 Å². The fourth-order valence-corrected chi connectivity index (χ4v) is 4.35. The zero-order chi connectivity index (χ0) is 14.5. The molecule has 0 amide bonds. The van der Waals surface area contributed by atoms with Crippen LogP contribution in [-0.2, 0) is 16.6 Å². The monoisotopic (exact) mass is 302 g/mol. The molecule has 0 aliphatic rings. The van der Waals surface area contributed by atoms with E-state index in [9.17, 15) is 8.42 Å². The quantitative estimate of drug-likeness (QED) is 0.750. The minimum atomic E-state index is -3.38. The summed E-state index contributed by atoms with van der Waals surface area (Å²) in [5.41, 5.74) is 1.01. The summed E-state index contributed by atoms with van der Waals surface area (Å²) in [4.78, 5) is 0. The molecule has 0 saturated heterocycles. The zero-order valence-corrected chi connectivity index (χ0v) is 13.4. The normalized spacial score (nSPS) is 12.3. The van der Waals surface area contributed by atoms with E-state index in [4.69, 9.17) is 0 Å². The lowest BCUT2D eigenvalue weighted by Gasteiger charge is -2.17. The molecule has 0 aliphatic carbocycles. The summed E-state index contributed by atoms with van der Waals surface area (Å²) in [7, 11) is -3.38. The summed E-state index contributed by atoms with van der Waals surface area (Å²) in [5.74, 6) is 0. The summed E-state index contributed by atoms with van der Waals surface area (Å²) < 4.78 is 26.6. The maximum absolute atomic E-state index is 12.4. The Morgan fingerprint density at radius 3 is 2.74 bits per heavy atom. The number of thiophene rings is 1. The Morgan fingerprint density at radius 1 is 1.53 bits per heavy atom. The van der Waals surface area contributed by atoms with Gasteiger partial charge in [-0.05, 0) is 17.0 Å². The molecule has 0 radical (unpaired) electrons. The van der Waals surface area contributed by atoms with E-state index in [-0.39, 0.29) is 0 Å². The van der Waals surface area contributed by atoms with E-state index in [2.05, 4.69) is 25.7 Å². The van der Waals surface area contributed by atoms with E-state index in [0.717, 1.165) is 5.56 Å². The summed E-state index contributed by atoms with van der Waals surface area (Å²) in [5, 5.41) is 5.17. The van der Waals surface area contributed by atoms with Crippen molar-refractivity contribution in [3.8, 4) is 0 Å². The number of nitrogens with one attached hydrogen (secondary N) is 1. The Bertz CT molecular complexity index is 506. The number of hydrogen-bond donors (Lipinski definition) is 1. The van der Waals surface area contributed by atoms with Gasteiger partial charge in [0.1, 0.15) is 4.21 Å². The van der Waals surface area contributed by atoms with E-state index >= 15 is 0 Å². The van der Waals surface area contributed by atoms with E-state index in [1.54, 1.807) is 12.1 Å². The van der Waals surface area contributed by atoms with Gasteiger partial charge in [-0.1, -0.05) is 26.8 Å². The molecular formula is C13H22N2O2S2. The maximum Gasteiger partial charge on any atom is 0.252 e. The van der Waals surface area contributed by atoms with Gasteiger partial charge < -0.3 is 5.32 Å². The van der Waals surface area contributed by atoms with Crippen LogP contribution in [0.2, 0.25) is 0 Å². The van der Waals surface area contributed by atoms with Crippen molar-refractivity contribution >= 4 is 21.4 Å². The highest BCUT2D eigenvalue weighted by molar-refractivity contribution is 7.91. The van der Waals surface area contributed by atoms with Crippen LogP contribution in [0, 0.1) is 0 Å². The molecule has 4 nitrogen and oxygen atoms in total. The Kier molecular flexibility index (Phi) is 6.19. The first-order chi connectivity index (χ1) is 8.91. The fourth-order valence-electron chi connectivity index (χ4n) is 1.57. The van der Waals surface area contributed by atoms with Gasteiger partial charge in [0.25, 0.3) is 10.0 Å². The van der Waals surface area contributed by atoms with Crippen LogP contribution >= 0.6 is 11.3 Å². The van der Waals surface area contributed by atoms with E-state index in [1.165, 1.54) is 15.6 Å². The highest BCUT2D eigenvalue weighted by Gasteiger charge is 2.23. The van der Waals surface area contributed by atoms with Crippen molar-refractivity contribution in [3.05, 3.63) is 29.7 Å². The molecule has 108 valence electrons. The van der Waals surface area contributed by atoms with Crippen molar-refractivity contribution in [2.24, 2.45) is 0 Å². The lowest BCUT2D eigenvalue weighted by atomic mass is 10.3. The molecule has 0 aromatic carbocycles. The van der Waals surface area contributed by atoms with Crippen molar-refractivity contribution in [1.82, 2.24) is 9.62 Å². The topological polar surface area (TPSA) is 49.4 Å². The molecule has 19 heavy (non-hydrogen) atoms. The molecule has 0 spiro atoms. The maximum atomic E-state index is 12.4. The van der Waals surface area contributed by atoms with Gasteiger partial charge in [0.15, 0.2) is 0 Å². The van der Waals surface area contributed by atoms with Gasteiger partial charge in [0, 0.05) is 25.7 Å². The molecule has 0 bridgehead atoms. The van der Waals surface area contributed by atoms with Crippen LogP contribution in [0.1, 0.15) is 26.3 Å². The smallest absolute Gasteiger partial charge is 0.252 e. The Balaban J connectivity index is 2.87. The molecule has 1 heterocycles. The number of likely N-dealkylation sites (N-methyl/N-ethyl adjacent to an activating group) is 1. The van der Waals surface area contributed by atoms with Gasteiger partial charge in [0.2, 0.25) is 0 Å². The molecule has 0 unspecified atom stereocenters. The number of hydrogen-bond acceptors (Lipinski definition) is 4. The van der Waals surface area contributed by atoms with Gasteiger partial charge in [-0.15, -0.1) is 17.9 Å². The molecule has 0 fully saturated rings. The molecular weight excluding hydrogens is 280 g/mol. The number of sulfonamides is 1. The summed E-state index contributed by atoms with van der Waals surface area (Å²) >= 11 is 1.27. The van der Waals surface area contributed by atoms with Gasteiger partial charge in [0.05, 0.1) is 0 Å². The summed E-state index contributed by atoms with van der Waals surface area (Å²) in [6, 6.07) is 2.13. The van der Waals surface area contributed by atoms with Crippen LogP contribution in [-0.4, -0.2) is 31.9 Å². The van der Waals surface area contributed by atoms with Crippen molar-refractivity contribution in [2.75, 3.05) is 13.1 Å². The molecule has 0 atom stereocenters. The molecule has 1 rings (SSSR count). The lowest BCUT2D eigenvalue weighted by molar-refractivity contribution is 0.461. The second kappa shape index (κ2) is 7.19. The number of nitrogens with zero attached hydrogens (tertiary/aromatic N) is 1. The highest BCUT2D eigenvalue weighted by Crippen LogP contribution is 2.23. The molecule has 1 aromatic heterocycles. The minimum Gasteiger partial charge on any atom is -0.310 e. The summed E-state index contributed by atoms with van der Waals surface area (Å²) in [6.07, 6.45) is 1.61. The first-order valence-corrected chi connectivity index (χ1v) is 8.65. The SMILES string of the molecule is C=CCN(CC)S(=O)(=O)c1cc(CNC(C)C)cs1. The Labute approximate surface area is 120 Å². The predicted molar refractivity (Wildman–Crippen MR) is 80.9 cm³/mol. The molecule has 6 heteroatoms. The van der Waals surface area contributed by atoms with Crippen molar-refractivity contribution < 1.29 is 8.42 Å². The average Bonchev–Trinajstić information content (AvgIpc) is 2.82. The van der Waals surface area contributed by atoms with E-state index in [1.807, 2.05) is 12.3 Å². The van der Waals surface area contributed by atoms with Crippen LogP contribution in [0.4, 0.5) is 0 Å². The van der Waals surface area contributed by atoms with Crippen molar-refractivity contribution in [3.63, 3.8) is 0 Å². The van der Waals surface area contributed by atoms with Gasteiger partial charge in [-0.2, -0.15) is 4.31 Å². The van der Waals surface area contributed by atoms with Crippen LogP contribution in [0.3, 0.4) is 0 Å². The Morgan fingerprint density at radius 2 is 2.21 bits per heavy atom. The zero-order valence-electron chi connectivity index (χ0n) is 11.7. The van der Waals surface area contributed by atoms with Crippen molar-refractivity contribution in [1.29, 1.82) is 0 Å². The first-order valence-electron chi connectivity index (χ1n) is 6.33. The third-order valence-electron chi connectivity index (χ3n) is 2.62. The Hall–Kier alpha value is -0.690. The average molecular weight is 302 g/mol. The molecule has 1 aromatic rings. The van der Waals surface area contributed by atoms with Gasteiger partial charge in [-0.25, -0.2) is 8.42 Å². The third kappa shape index (κ3) is 4.42. The van der Waals surface area contributed by atoms with Crippen LogP contribution in [0.5, 0.6) is 0 Å². The minimum absolute atomic E-state index is 0.344. The molecule has 1 N–H and O–H groups in total. The lowest BCUT2D eigenvalue weighted by Crippen LogP contribution is -2.30.